The molecule has 0 aromatic heterocycles. The number of hydrogen-bond donors (Lipinski definition) is 2. The number of nitrogens with one attached hydrogen (secondary N) is 2. The van der Waals surface area contributed by atoms with Crippen LogP contribution in [0.15, 0.2) is 24.3 Å². The van der Waals surface area contributed by atoms with E-state index in [1.54, 1.807) is 0 Å². The molecular formula is C14H12ClFN2O3. The second-order valence-electron chi connectivity index (χ2n) is 4.52. The van der Waals surface area contributed by atoms with Crippen LogP contribution in [0.5, 0.6) is 0 Å². The van der Waals surface area contributed by atoms with Crippen LogP contribution < -0.4 is 10.6 Å². The van der Waals surface area contributed by atoms with Gasteiger partial charge < -0.3 is 5.32 Å². The molecule has 1 aromatic carbocycles. The van der Waals surface area contributed by atoms with Gasteiger partial charge in [-0.25, -0.2) is 4.39 Å². The van der Waals surface area contributed by atoms with E-state index in [1.165, 1.54) is 30.4 Å². The van der Waals surface area contributed by atoms with Gasteiger partial charge in [-0.15, -0.1) is 0 Å². The minimum Gasteiger partial charge on any atom is -0.341 e. The molecule has 1 heterocycles. The quantitative estimate of drug-likeness (QED) is 0.655. The summed E-state index contributed by atoms with van der Waals surface area (Å²) in [6.07, 6.45) is 3.13. The highest BCUT2D eigenvalue weighted by molar-refractivity contribution is 6.30. The van der Waals surface area contributed by atoms with Crippen molar-refractivity contribution in [1.82, 2.24) is 10.6 Å². The maximum Gasteiger partial charge on any atom is 0.249 e. The summed E-state index contributed by atoms with van der Waals surface area (Å²) in [5.74, 6) is -1.88. The third kappa shape index (κ3) is 4.13. The second-order valence-corrected chi connectivity index (χ2v) is 4.93. The molecule has 1 fully saturated rings. The fourth-order valence-electron chi connectivity index (χ4n) is 1.84. The average molecular weight is 311 g/mol. The fourth-order valence-corrected chi connectivity index (χ4v) is 2.03. The van der Waals surface area contributed by atoms with E-state index < -0.39 is 23.7 Å². The topological polar surface area (TPSA) is 75.3 Å². The monoisotopic (exact) mass is 310 g/mol. The van der Waals surface area contributed by atoms with Gasteiger partial charge in [0.05, 0.1) is 5.02 Å². The number of amides is 3. The van der Waals surface area contributed by atoms with Crippen molar-refractivity contribution in [2.75, 3.05) is 0 Å². The van der Waals surface area contributed by atoms with Gasteiger partial charge in [0, 0.05) is 12.5 Å². The average Bonchev–Trinajstić information content (AvgIpc) is 2.43. The van der Waals surface area contributed by atoms with Crippen molar-refractivity contribution < 1.29 is 18.8 Å². The molecule has 1 unspecified atom stereocenters. The summed E-state index contributed by atoms with van der Waals surface area (Å²) in [5, 5.41) is 4.60. The molecule has 3 amide bonds. The number of halogens is 2. The molecule has 2 rings (SSSR count). The highest BCUT2D eigenvalue weighted by Gasteiger charge is 2.27. The van der Waals surface area contributed by atoms with Crippen molar-refractivity contribution in [2.24, 2.45) is 0 Å². The molecule has 1 saturated heterocycles. The number of carbonyl (C=O) groups excluding carboxylic acids is 3. The Hall–Kier alpha value is -2.21. The minimum absolute atomic E-state index is 0.0391. The van der Waals surface area contributed by atoms with Crippen LogP contribution in [0.3, 0.4) is 0 Å². The molecule has 0 saturated carbocycles. The van der Waals surface area contributed by atoms with Crippen LogP contribution in [0, 0.1) is 5.82 Å². The number of benzene rings is 1. The Morgan fingerprint density at radius 2 is 2.19 bits per heavy atom. The van der Waals surface area contributed by atoms with E-state index in [0.717, 1.165) is 0 Å². The molecule has 0 radical (unpaired) electrons. The van der Waals surface area contributed by atoms with Crippen molar-refractivity contribution in [1.29, 1.82) is 0 Å². The smallest absolute Gasteiger partial charge is 0.249 e. The summed E-state index contributed by atoms with van der Waals surface area (Å²) in [5.41, 5.74) is 0.555. The maximum atomic E-state index is 13.0. The van der Waals surface area contributed by atoms with Crippen molar-refractivity contribution in [2.45, 2.75) is 18.9 Å². The lowest BCUT2D eigenvalue weighted by Gasteiger charge is -2.20. The lowest BCUT2D eigenvalue weighted by atomic mass is 10.1. The zero-order valence-electron chi connectivity index (χ0n) is 10.9. The fraction of sp³-hybridized carbons (Fsp3) is 0.214. The highest BCUT2D eigenvalue weighted by atomic mass is 35.5. The third-order valence-corrected chi connectivity index (χ3v) is 3.22. The Kier molecular flexibility index (Phi) is 4.70. The predicted molar refractivity (Wildman–Crippen MR) is 74.8 cm³/mol. The molecule has 1 aromatic rings. The first-order valence-corrected chi connectivity index (χ1v) is 6.61. The summed E-state index contributed by atoms with van der Waals surface area (Å²) in [6, 6.07) is 3.32. The first-order valence-electron chi connectivity index (χ1n) is 6.23. The molecule has 1 aliphatic rings. The summed E-state index contributed by atoms with van der Waals surface area (Å²) < 4.78 is 13.0. The Labute approximate surface area is 125 Å². The van der Waals surface area contributed by atoms with Crippen LogP contribution in [-0.4, -0.2) is 23.8 Å². The Morgan fingerprint density at radius 1 is 1.43 bits per heavy atom. The summed E-state index contributed by atoms with van der Waals surface area (Å²) in [7, 11) is 0. The van der Waals surface area contributed by atoms with Crippen molar-refractivity contribution in [3.05, 3.63) is 40.7 Å². The van der Waals surface area contributed by atoms with Gasteiger partial charge in [-0.2, -0.15) is 0 Å². The van der Waals surface area contributed by atoms with Crippen molar-refractivity contribution in [3.8, 4) is 0 Å². The number of carbonyl (C=O) groups is 3. The first kappa shape index (κ1) is 15.2. The van der Waals surface area contributed by atoms with E-state index in [1.807, 2.05) is 0 Å². The minimum atomic E-state index is -0.725. The first-order chi connectivity index (χ1) is 9.95. The van der Waals surface area contributed by atoms with Gasteiger partial charge in [-0.3, -0.25) is 19.7 Å². The molecule has 110 valence electrons. The van der Waals surface area contributed by atoms with Gasteiger partial charge in [-0.1, -0.05) is 17.7 Å². The van der Waals surface area contributed by atoms with Gasteiger partial charge >= 0.3 is 0 Å². The summed E-state index contributed by atoms with van der Waals surface area (Å²) in [4.78, 5) is 34.1. The van der Waals surface area contributed by atoms with E-state index in [4.69, 9.17) is 11.6 Å². The Morgan fingerprint density at radius 3 is 2.86 bits per heavy atom. The Bertz CT molecular complexity index is 631. The molecule has 1 aliphatic heterocycles. The number of rotatable bonds is 3. The number of piperidine rings is 1. The second kappa shape index (κ2) is 6.49. The standard InChI is InChI=1S/C14H12ClFN2O3/c15-9-7-8(1-3-10(9)16)2-5-12(19)17-11-4-6-13(20)18-14(11)21/h1-3,5,7,11H,4,6H2,(H,17,19)(H,18,20,21). The lowest BCUT2D eigenvalue weighted by molar-refractivity contribution is -0.136. The van der Waals surface area contributed by atoms with Crippen LogP contribution in [0.4, 0.5) is 4.39 Å². The Balaban J connectivity index is 1.95. The molecule has 0 aliphatic carbocycles. The van der Waals surface area contributed by atoms with E-state index in [0.29, 0.717) is 5.56 Å². The predicted octanol–water partition coefficient (Wildman–Crippen LogP) is 1.41. The van der Waals surface area contributed by atoms with Gasteiger partial charge in [0.1, 0.15) is 11.9 Å². The summed E-state index contributed by atoms with van der Waals surface area (Å²) >= 11 is 5.62. The molecule has 0 spiro atoms. The van der Waals surface area contributed by atoms with Gasteiger partial charge in [0.15, 0.2) is 0 Å². The van der Waals surface area contributed by atoms with Crippen LogP contribution >= 0.6 is 11.6 Å². The van der Waals surface area contributed by atoms with Crippen LogP contribution in [0.1, 0.15) is 18.4 Å². The number of hydrogen-bond acceptors (Lipinski definition) is 3. The van der Waals surface area contributed by atoms with Gasteiger partial charge in [-0.05, 0) is 30.2 Å². The van der Waals surface area contributed by atoms with Gasteiger partial charge in [0.2, 0.25) is 17.7 Å². The molecular weight excluding hydrogens is 299 g/mol. The zero-order valence-corrected chi connectivity index (χ0v) is 11.6. The molecule has 1 atom stereocenters. The number of imide groups is 1. The molecule has 21 heavy (non-hydrogen) atoms. The molecule has 2 N–H and O–H groups in total. The van der Waals surface area contributed by atoms with E-state index in [9.17, 15) is 18.8 Å². The SMILES string of the molecule is O=C(C=Cc1ccc(F)c(Cl)c1)NC1CCC(=O)NC1=O. The van der Waals surface area contributed by atoms with Crippen LogP contribution in [0.25, 0.3) is 6.08 Å². The van der Waals surface area contributed by atoms with E-state index >= 15 is 0 Å². The highest BCUT2D eigenvalue weighted by Crippen LogP contribution is 2.16. The summed E-state index contributed by atoms with van der Waals surface area (Å²) in [6.45, 7) is 0. The van der Waals surface area contributed by atoms with Crippen molar-refractivity contribution >= 4 is 35.4 Å². The van der Waals surface area contributed by atoms with E-state index in [2.05, 4.69) is 10.6 Å². The zero-order chi connectivity index (χ0) is 15.4. The van der Waals surface area contributed by atoms with Crippen LogP contribution in [-0.2, 0) is 14.4 Å². The van der Waals surface area contributed by atoms with Gasteiger partial charge in [0.25, 0.3) is 0 Å². The lowest BCUT2D eigenvalue weighted by Crippen LogP contribution is -2.51. The third-order valence-electron chi connectivity index (χ3n) is 2.93. The van der Waals surface area contributed by atoms with Crippen molar-refractivity contribution in [3.63, 3.8) is 0 Å². The van der Waals surface area contributed by atoms with Crippen LogP contribution in [0.2, 0.25) is 5.02 Å². The largest absolute Gasteiger partial charge is 0.341 e. The van der Waals surface area contributed by atoms with E-state index in [-0.39, 0.29) is 23.8 Å². The molecule has 5 nitrogen and oxygen atoms in total. The normalized spacial score (nSPS) is 18.7. The maximum absolute atomic E-state index is 13.0. The molecule has 7 heteroatoms. The molecule has 0 bridgehead atoms.